The van der Waals surface area contributed by atoms with Gasteiger partial charge < -0.3 is 5.73 Å². The molecule has 19 heavy (non-hydrogen) atoms. The molecule has 0 saturated heterocycles. The number of imidazole rings is 1. The van der Waals surface area contributed by atoms with Gasteiger partial charge in [0.05, 0.1) is 0 Å². The SMILES string of the molecule is CC(C)(C)c1csc2nc(-c3ccncc3)c(N)n12. The van der Waals surface area contributed by atoms with Crippen LogP contribution < -0.4 is 5.73 Å². The number of fused-ring (bicyclic) bond motifs is 1. The van der Waals surface area contributed by atoms with Crippen LogP contribution in [0, 0.1) is 0 Å². The summed E-state index contributed by atoms with van der Waals surface area (Å²) in [5.74, 6) is 0.701. The minimum atomic E-state index is 0.0442. The number of aromatic nitrogens is 3. The third-order valence-electron chi connectivity index (χ3n) is 3.12. The summed E-state index contributed by atoms with van der Waals surface area (Å²) < 4.78 is 2.06. The van der Waals surface area contributed by atoms with Crippen LogP contribution in [-0.4, -0.2) is 14.4 Å². The minimum Gasteiger partial charge on any atom is -0.383 e. The van der Waals surface area contributed by atoms with Gasteiger partial charge in [-0.2, -0.15) is 0 Å². The second-order valence-electron chi connectivity index (χ2n) is 5.57. The van der Waals surface area contributed by atoms with Crippen molar-refractivity contribution >= 4 is 22.1 Å². The fraction of sp³-hybridized carbons (Fsp3) is 0.286. The number of nitrogens with two attached hydrogens (primary N) is 1. The van der Waals surface area contributed by atoms with Crippen molar-refractivity contribution in [3.63, 3.8) is 0 Å². The lowest BCUT2D eigenvalue weighted by Gasteiger charge is -2.17. The topological polar surface area (TPSA) is 56.2 Å². The van der Waals surface area contributed by atoms with Crippen molar-refractivity contribution in [2.75, 3.05) is 5.73 Å². The highest BCUT2D eigenvalue weighted by Crippen LogP contribution is 2.34. The quantitative estimate of drug-likeness (QED) is 0.739. The van der Waals surface area contributed by atoms with Gasteiger partial charge in [0.1, 0.15) is 11.5 Å². The molecule has 3 aromatic heterocycles. The molecule has 98 valence electrons. The molecule has 3 aromatic rings. The molecule has 2 N–H and O–H groups in total. The Labute approximate surface area is 115 Å². The summed E-state index contributed by atoms with van der Waals surface area (Å²) in [6, 6.07) is 3.86. The first-order chi connectivity index (χ1) is 8.98. The molecule has 3 heterocycles. The Morgan fingerprint density at radius 2 is 1.89 bits per heavy atom. The summed E-state index contributed by atoms with van der Waals surface area (Å²) in [5.41, 5.74) is 9.37. The van der Waals surface area contributed by atoms with Crippen LogP contribution in [0.1, 0.15) is 26.5 Å². The molecular weight excluding hydrogens is 256 g/mol. The minimum absolute atomic E-state index is 0.0442. The molecule has 0 aliphatic rings. The number of hydrogen-bond acceptors (Lipinski definition) is 4. The molecule has 0 amide bonds. The normalized spacial score (nSPS) is 12.2. The van der Waals surface area contributed by atoms with Crippen molar-refractivity contribution in [1.82, 2.24) is 14.4 Å². The van der Waals surface area contributed by atoms with Crippen LogP contribution in [0.15, 0.2) is 29.9 Å². The Hall–Kier alpha value is -1.88. The molecule has 0 aromatic carbocycles. The van der Waals surface area contributed by atoms with Crippen molar-refractivity contribution in [3.05, 3.63) is 35.6 Å². The maximum atomic E-state index is 6.30. The number of nitrogen functional groups attached to an aromatic ring is 1. The summed E-state index contributed by atoms with van der Waals surface area (Å²) in [5, 5.41) is 2.13. The molecular formula is C14H16N4S. The van der Waals surface area contributed by atoms with E-state index in [-0.39, 0.29) is 5.41 Å². The van der Waals surface area contributed by atoms with E-state index in [1.807, 2.05) is 12.1 Å². The monoisotopic (exact) mass is 272 g/mol. The van der Waals surface area contributed by atoms with Crippen molar-refractivity contribution in [2.45, 2.75) is 26.2 Å². The van der Waals surface area contributed by atoms with E-state index < -0.39 is 0 Å². The maximum absolute atomic E-state index is 6.30. The molecule has 0 aliphatic carbocycles. The van der Waals surface area contributed by atoms with E-state index in [0.717, 1.165) is 16.2 Å². The van der Waals surface area contributed by atoms with Gasteiger partial charge in [0.15, 0.2) is 4.96 Å². The van der Waals surface area contributed by atoms with Gasteiger partial charge in [-0.25, -0.2) is 4.98 Å². The summed E-state index contributed by atoms with van der Waals surface area (Å²) in [4.78, 5) is 9.61. The van der Waals surface area contributed by atoms with Crippen LogP contribution in [0.4, 0.5) is 5.82 Å². The van der Waals surface area contributed by atoms with Crippen LogP contribution >= 0.6 is 11.3 Å². The second-order valence-corrected chi connectivity index (χ2v) is 6.41. The van der Waals surface area contributed by atoms with E-state index in [1.165, 1.54) is 5.69 Å². The highest BCUT2D eigenvalue weighted by atomic mass is 32.1. The lowest BCUT2D eigenvalue weighted by atomic mass is 9.93. The summed E-state index contributed by atoms with van der Waals surface area (Å²) in [6.45, 7) is 6.54. The molecule has 5 heteroatoms. The van der Waals surface area contributed by atoms with Gasteiger partial charge in [-0.05, 0) is 12.1 Å². The smallest absolute Gasteiger partial charge is 0.196 e. The van der Waals surface area contributed by atoms with Gasteiger partial charge in [-0.15, -0.1) is 11.3 Å². The van der Waals surface area contributed by atoms with Gasteiger partial charge in [-0.1, -0.05) is 20.8 Å². The molecule has 0 bridgehead atoms. The van der Waals surface area contributed by atoms with Crippen LogP contribution in [0.2, 0.25) is 0 Å². The molecule has 3 rings (SSSR count). The second kappa shape index (κ2) is 4.06. The third-order valence-corrected chi connectivity index (χ3v) is 3.95. The summed E-state index contributed by atoms with van der Waals surface area (Å²) in [6.07, 6.45) is 3.51. The van der Waals surface area contributed by atoms with E-state index in [0.29, 0.717) is 5.82 Å². The molecule has 0 unspecified atom stereocenters. The number of hydrogen-bond donors (Lipinski definition) is 1. The fourth-order valence-electron chi connectivity index (χ4n) is 2.12. The zero-order valence-electron chi connectivity index (χ0n) is 11.2. The Bertz CT molecular complexity index is 719. The van der Waals surface area contributed by atoms with Crippen molar-refractivity contribution < 1.29 is 0 Å². The number of anilines is 1. The van der Waals surface area contributed by atoms with Crippen LogP contribution in [0.25, 0.3) is 16.2 Å². The van der Waals surface area contributed by atoms with Crippen molar-refractivity contribution in [2.24, 2.45) is 0 Å². The van der Waals surface area contributed by atoms with E-state index >= 15 is 0 Å². The summed E-state index contributed by atoms with van der Waals surface area (Å²) >= 11 is 1.63. The lowest BCUT2D eigenvalue weighted by Crippen LogP contribution is -2.14. The van der Waals surface area contributed by atoms with Gasteiger partial charge >= 0.3 is 0 Å². The van der Waals surface area contributed by atoms with E-state index in [4.69, 9.17) is 5.73 Å². The number of pyridine rings is 1. The molecule has 0 atom stereocenters. The maximum Gasteiger partial charge on any atom is 0.196 e. The highest BCUT2D eigenvalue weighted by molar-refractivity contribution is 7.15. The van der Waals surface area contributed by atoms with Crippen molar-refractivity contribution in [1.29, 1.82) is 0 Å². The standard InChI is InChI=1S/C14H16N4S/c1-14(2,3)10-8-19-13-17-11(12(15)18(10)13)9-4-6-16-7-5-9/h4-8H,15H2,1-3H3. The van der Waals surface area contributed by atoms with Crippen LogP contribution in [0.3, 0.4) is 0 Å². The van der Waals surface area contributed by atoms with Crippen LogP contribution in [0.5, 0.6) is 0 Å². The van der Waals surface area contributed by atoms with Gasteiger partial charge in [0, 0.05) is 34.4 Å². The predicted molar refractivity (Wildman–Crippen MR) is 79.4 cm³/mol. The molecule has 0 radical (unpaired) electrons. The zero-order chi connectivity index (χ0) is 13.6. The molecule has 0 fully saturated rings. The Kier molecular flexibility index (Phi) is 2.60. The lowest BCUT2D eigenvalue weighted by molar-refractivity contribution is 0.566. The zero-order valence-corrected chi connectivity index (χ0v) is 12.0. The first kappa shape index (κ1) is 12.2. The van der Waals surface area contributed by atoms with E-state index in [2.05, 4.69) is 40.5 Å². The molecule has 0 saturated carbocycles. The predicted octanol–water partition coefficient (Wildman–Crippen LogP) is 3.34. The highest BCUT2D eigenvalue weighted by Gasteiger charge is 2.23. The summed E-state index contributed by atoms with van der Waals surface area (Å²) in [7, 11) is 0. The van der Waals surface area contributed by atoms with Crippen LogP contribution in [-0.2, 0) is 5.41 Å². The molecule has 0 aliphatic heterocycles. The Morgan fingerprint density at radius 3 is 2.53 bits per heavy atom. The van der Waals surface area contributed by atoms with Crippen molar-refractivity contribution in [3.8, 4) is 11.3 Å². The number of thiazole rings is 1. The Morgan fingerprint density at radius 1 is 1.21 bits per heavy atom. The van der Waals surface area contributed by atoms with Gasteiger partial charge in [-0.3, -0.25) is 9.38 Å². The first-order valence-corrected chi connectivity index (χ1v) is 7.03. The fourth-order valence-corrected chi connectivity index (χ4v) is 3.24. The molecule has 4 nitrogen and oxygen atoms in total. The number of rotatable bonds is 1. The van der Waals surface area contributed by atoms with Gasteiger partial charge in [0.2, 0.25) is 0 Å². The average molecular weight is 272 g/mol. The number of nitrogens with zero attached hydrogens (tertiary/aromatic N) is 3. The van der Waals surface area contributed by atoms with Gasteiger partial charge in [0.25, 0.3) is 0 Å². The first-order valence-electron chi connectivity index (χ1n) is 6.15. The third kappa shape index (κ3) is 1.90. The Balaban J connectivity index is 2.26. The van der Waals surface area contributed by atoms with E-state index in [9.17, 15) is 0 Å². The largest absolute Gasteiger partial charge is 0.383 e. The van der Waals surface area contributed by atoms with E-state index in [1.54, 1.807) is 23.7 Å². The average Bonchev–Trinajstić information content (AvgIpc) is 2.91. The molecule has 0 spiro atoms.